The fourth-order valence-electron chi connectivity index (χ4n) is 1.99. The maximum absolute atomic E-state index is 11.7. The molecule has 0 aliphatic carbocycles. The van der Waals surface area contributed by atoms with Gasteiger partial charge < -0.3 is 15.2 Å². The summed E-state index contributed by atoms with van der Waals surface area (Å²) in [5, 5.41) is 5.77. The standard InChI is InChI=1S/C16H22N4O/c1-3-13(2)19-16(21)18-10-14-5-4-6-15(9-14)11-20-8-7-17-12-20/h4-9,12-13H,3,10-11H2,1-2H3,(H2,18,19,21). The summed E-state index contributed by atoms with van der Waals surface area (Å²) in [6, 6.07) is 8.27. The van der Waals surface area contributed by atoms with E-state index < -0.39 is 0 Å². The number of amides is 2. The van der Waals surface area contributed by atoms with Gasteiger partial charge in [0.05, 0.1) is 6.33 Å². The molecule has 112 valence electrons. The highest BCUT2D eigenvalue weighted by atomic mass is 16.2. The average molecular weight is 286 g/mol. The number of carbonyl (C=O) groups excluding carboxylic acids is 1. The molecule has 0 radical (unpaired) electrons. The summed E-state index contributed by atoms with van der Waals surface area (Å²) >= 11 is 0. The minimum Gasteiger partial charge on any atom is -0.336 e. The van der Waals surface area contributed by atoms with Crippen molar-refractivity contribution in [2.45, 2.75) is 39.4 Å². The highest BCUT2D eigenvalue weighted by Crippen LogP contribution is 2.07. The van der Waals surface area contributed by atoms with Gasteiger partial charge in [0, 0.05) is 31.5 Å². The molecule has 2 rings (SSSR count). The molecule has 0 saturated heterocycles. The van der Waals surface area contributed by atoms with E-state index in [-0.39, 0.29) is 12.1 Å². The first-order valence-corrected chi connectivity index (χ1v) is 7.25. The van der Waals surface area contributed by atoms with E-state index in [4.69, 9.17) is 0 Å². The van der Waals surface area contributed by atoms with Gasteiger partial charge in [0.15, 0.2) is 0 Å². The van der Waals surface area contributed by atoms with Gasteiger partial charge in [0.25, 0.3) is 0 Å². The molecule has 1 aromatic carbocycles. The highest BCUT2D eigenvalue weighted by molar-refractivity contribution is 5.74. The molecule has 1 aromatic heterocycles. The zero-order valence-electron chi connectivity index (χ0n) is 12.5. The number of hydrogen-bond acceptors (Lipinski definition) is 2. The molecule has 2 amide bonds. The van der Waals surface area contributed by atoms with Gasteiger partial charge in [0.1, 0.15) is 0 Å². The molecule has 5 nitrogen and oxygen atoms in total. The topological polar surface area (TPSA) is 59.0 Å². The van der Waals surface area contributed by atoms with Crippen LogP contribution in [0, 0.1) is 0 Å². The van der Waals surface area contributed by atoms with Crippen LogP contribution in [0.15, 0.2) is 43.0 Å². The normalized spacial score (nSPS) is 11.9. The molecule has 2 aromatic rings. The van der Waals surface area contributed by atoms with Crippen LogP contribution >= 0.6 is 0 Å². The number of hydrogen-bond donors (Lipinski definition) is 2. The predicted molar refractivity (Wildman–Crippen MR) is 82.9 cm³/mol. The van der Waals surface area contributed by atoms with E-state index >= 15 is 0 Å². The van der Waals surface area contributed by atoms with Gasteiger partial charge in [-0.05, 0) is 24.5 Å². The Labute approximate surface area is 125 Å². The van der Waals surface area contributed by atoms with Crippen LogP contribution in [0.25, 0.3) is 0 Å². The van der Waals surface area contributed by atoms with Crippen molar-refractivity contribution in [3.63, 3.8) is 0 Å². The maximum Gasteiger partial charge on any atom is 0.315 e. The number of imidazole rings is 1. The van der Waals surface area contributed by atoms with E-state index in [2.05, 4.69) is 27.8 Å². The first-order valence-electron chi connectivity index (χ1n) is 7.25. The molecule has 0 aliphatic rings. The molecule has 0 aliphatic heterocycles. The largest absolute Gasteiger partial charge is 0.336 e. The summed E-state index contributed by atoms with van der Waals surface area (Å²) in [6.07, 6.45) is 6.42. The van der Waals surface area contributed by atoms with E-state index in [9.17, 15) is 4.79 Å². The predicted octanol–water partition coefficient (Wildman–Crippen LogP) is 2.53. The zero-order chi connectivity index (χ0) is 15.1. The van der Waals surface area contributed by atoms with Crippen molar-refractivity contribution < 1.29 is 4.79 Å². The van der Waals surface area contributed by atoms with Crippen LogP contribution in [0.2, 0.25) is 0 Å². The molecule has 21 heavy (non-hydrogen) atoms. The Morgan fingerprint density at radius 2 is 2.19 bits per heavy atom. The Kier molecular flexibility index (Phi) is 5.37. The molecule has 2 N–H and O–H groups in total. The van der Waals surface area contributed by atoms with Gasteiger partial charge in [-0.2, -0.15) is 0 Å². The fraction of sp³-hybridized carbons (Fsp3) is 0.375. The number of carbonyl (C=O) groups is 1. The van der Waals surface area contributed by atoms with Crippen molar-refractivity contribution in [3.05, 3.63) is 54.1 Å². The minimum atomic E-state index is -0.121. The van der Waals surface area contributed by atoms with E-state index in [1.807, 2.05) is 36.7 Å². The zero-order valence-corrected chi connectivity index (χ0v) is 12.5. The van der Waals surface area contributed by atoms with E-state index in [0.29, 0.717) is 6.54 Å². The van der Waals surface area contributed by atoms with Gasteiger partial charge in [-0.15, -0.1) is 0 Å². The van der Waals surface area contributed by atoms with Crippen molar-refractivity contribution in [2.24, 2.45) is 0 Å². The number of aromatic nitrogens is 2. The average Bonchev–Trinajstić information content (AvgIpc) is 2.98. The quantitative estimate of drug-likeness (QED) is 0.857. The monoisotopic (exact) mass is 286 g/mol. The van der Waals surface area contributed by atoms with Crippen LogP contribution in [0.1, 0.15) is 31.4 Å². The van der Waals surface area contributed by atoms with Crippen molar-refractivity contribution in [3.8, 4) is 0 Å². The molecular weight excluding hydrogens is 264 g/mol. The van der Waals surface area contributed by atoms with Crippen LogP contribution in [0.5, 0.6) is 0 Å². The Morgan fingerprint density at radius 3 is 2.90 bits per heavy atom. The summed E-state index contributed by atoms with van der Waals surface area (Å²) in [4.78, 5) is 15.7. The molecule has 1 heterocycles. The van der Waals surface area contributed by atoms with Crippen molar-refractivity contribution in [1.82, 2.24) is 20.2 Å². The van der Waals surface area contributed by atoms with Gasteiger partial charge in [-0.25, -0.2) is 9.78 Å². The Morgan fingerprint density at radius 1 is 1.38 bits per heavy atom. The van der Waals surface area contributed by atoms with Gasteiger partial charge in [-0.3, -0.25) is 0 Å². The molecule has 1 unspecified atom stereocenters. The summed E-state index contributed by atoms with van der Waals surface area (Å²) in [5.74, 6) is 0. The van der Waals surface area contributed by atoms with Gasteiger partial charge in [0.2, 0.25) is 0 Å². The minimum absolute atomic E-state index is 0.121. The van der Waals surface area contributed by atoms with Crippen molar-refractivity contribution >= 4 is 6.03 Å². The first-order chi connectivity index (χ1) is 10.2. The lowest BCUT2D eigenvalue weighted by Gasteiger charge is -2.13. The lowest BCUT2D eigenvalue weighted by Crippen LogP contribution is -2.40. The summed E-state index contributed by atoms with van der Waals surface area (Å²) < 4.78 is 2.02. The van der Waals surface area contributed by atoms with Crippen molar-refractivity contribution in [2.75, 3.05) is 0 Å². The molecule has 1 atom stereocenters. The Bertz CT molecular complexity index is 565. The third kappa shape index (κ3) is 4.95. The second-order valence-corrected chi connectivity index (χ2v) is 5.19. The van der Waals surface area contributed by atoms with Crippen LogP contribution < -0.4 is 10.6 Å². The Balaban J connectivity index is 1.87. The number of benzene rings is 1. The summed E-state index contributed by atoms with van der Waals surface area (Å²) in [7, 11) is 0. The van der Waals surface area contributed by atoms with Crippen LogP contribution in [0.4, 0.5) is 4.79 Å². The van der Waals surface area contributed by atoms with E-state index in [0.717, 1.165) is 18.5 Å². The number of nitrogens with one attached hydrogen (secondary N) is 2. The second-order valence-electron chi connectivity index (χ2n) is 5.19. The third-order valence-corrected chi connectivity index (χ3v) is 3.36. The molecule has 0 bridgehead atoms. The van der Waals surface area contributed by atoms with E-state index in [1.165, 1.54) is 5.56 Å². The smallest absolute Gasteiger partial charge is 0.315 e. The number of urea groups is 1. The molecule has 0 spiro atoms. The van der Waals surface area contributed by atoms with Gasteiger partial charge in [-0.1, -0.05) is 31.2 Å². The van der Waals surface area contributed by atoms with Crippen LogP contribution in [0.3, 0.4) is 0 Å². The lowest BCUT2D eigenvalue weighted by molar-refractivity contribution is 0.237. The first kappa shape index (κ1) is 15.1. The number of nitrogens with zero attached hydrogens (tertiary/aromatic N) is 2. The lowest BCUT2D eigenvalue weighted by atomic mass is 10.1. The van der Waals surface area contributed by atoms with Crippen LogP contribution in [-0.2, 0) is 13.1 Å². The number of rotatable bonds is 6. The molecule has 0 fully saturated rings. The second kappa shape index (κ2) is 7.47. The molecule has 5 heteroatoms. The fourth-order valence-corrected chi connectivity index (χ4v) is 1.99. The maximum atomic E-state index is 11.7. The van der Waals surface area contributed by atoms with Crippen molar-refractivity contribution in [1.29, 1.82) is 0 Å². The van der Waals surface area contributed by atoms with Gasteiger partial charge >= 0.3 is 6.03 Å². The molecular formula is C16H22N4O. The summed E-state index contributed by atoms with van der Waals surface area (Å²) in [6.45, 7) is 5.35. The third-order valence-electron chi connectivity index (χ3n) is 3.36. The van der Waals surface area contributed by atoms with E-state index in [1.54, 1.807) is 12.5 Å². The molecule has 0 saturated carbocycles. The highest BCUT2D eigenvalue weighted by Gasteiger charge is 2.04. The Hall–Kier alpha value is -2.30. The summed E-state index contributed by atoms with van der Waals surface area (Å²) in [5.41, 5.74) is 2.28. The van der Waals surface area contributed by atoms with Crippen LogP contribution in [-0.4, -0.2) is 21.6 Å². The SMILES string of the molecule is CCC(C)NC(=O)NCc1cccc(Cn2ccnc2)c1.